The molecular weight excluding hydrogens is 380 g/mol. The number of benzene rings is 3. The first-order valence-corrected chi connectivity index (χ1v) is 9.47. The molecule has 7 nitrogen and oxygen atoms in total. The summed E-state index contributed by atoms with van der Waals surface area (Å²) in [5, 5.41) is 20.5. The van der Waals surface area contributed by atoms with E-state index in [1.165, 1.54) is 12.1 Å². The van der Waals surface area contributed by atoms with Crippen molar-refractivity contribution in [3.63, 3.8) is 0 Å². The minimum Gasteiger partial charge on any atom is -0.354 e. The highest BCUT2D eigenvalue weighted by molar-refractivity contribution is 6.37. The fourth-order valence-electron chi connectivity index (χ4n) is 3.46. The Bertz CT molecular complexity index is 1140. The molecule has 150 valence electrons. The van der Waals surface area contributed by atoms with Crippen molar-refractivity contribution in [2.24, 2.45) is 0 Å². The Morgan fingerprint density at radius 1 is 1.03 bits per heavy atom. The highest BCUT2D eigenvalue weighted by atomic mass is 16.6. The number of anilines is 2. The van der Waals surface area contributed by atoms with Gasteiger partial charge in [-0.05, 0) is 36.4 Å². The maximum absolute atomic E-state index is 12.9. The number of amides is 1. The van der Waals surface area contributed by atoms with Crippen molar-refractivity contribution >= 4 is 34.2 Å². The van der Waals surface area contributed by atoms with Crippen molar-refractivity contribution in [2.75, 3.05) is 17.7 Å². The largest absolute Gasteiger partial charge is 0.354 e. The monoisotopic (exact) mass is 400 g/mol. The van der Waals surface area contributed by atoms with Gasteiger partial charge in [0.15, 0.2) is 0 Å². The van der Waals surface area contributed by atoms with Crippen molar-refractivity contribution in [2.45, 2.75) is 6.54 Å². The van der Waals surface area contributed by atoms with Crippen LogP contribution >= 0.6 is 0 Å². The third-order valence-electron chi connectivity index (χ3n) is 4.88. The zero-order valence-electron chi connectivity index (χ0n) is 16.3. The highest BCUT2D eigenvalue weighted by Crippen LogP contribution is 2.39. The lowest BCUT2D eigenvalue weighted by atomic mass is 9.99. The van der Waals surface area contributed by atoms with Gasteiger partial charge in [-0.1, -0.05) is 42.5 Å². The highest BCUT2D eigenvalue weighted by Gasteiger charge is 2.30. The zero-order chi connectivity index (χ0) is 21.1. The first-order chi connectivity index (χ1) is 14.6. The molecule has 0 bridgehead atoms. The first-order valence-electron chi connectivity index (χ1n) is 9.47. The molecule has 4 rings (SSSR count). The van der Waals surface area contributed by atoms with Gasteiger partial charge in [0.2, 0.25) is 0 Å². The van der Waals surface area contributed by atoms with Crippen LogP contribution in [0, 0.1) is 10.1 Å². The number of nitrogens with one attached hydrogen (secondary N) is 3. The average molecular weight is 400 g/mol. The summed E-state index contributed by atoms with van der Waals surface area (Å²) in [5.41, 5.74) is 4.72. The average Bonchev–Trinajstić information content (AvgIpc) is 3.09. The van der Waals surface area contributed by atoms with Crippen LogP contribution in [0.15, 0.2) is 72.8 Å². The summed E-state index contributed by atoms with van der Waals surface area (Å²) in [7, 11) is 1.89. The van der Waals surface area contributed by atoms with Gasteiger partial charge in [0.25, 0.3) is 11.6 Å². The van der Waals surface area contributed by atoms with Crippen molar-refractivity contribution in [1.82, 2.24) is 5.32 Å². The van der Waals surface area contributed by atoms with Crippen LogP contribution < -0.4 is 16.0 Å². The number of carbonyl (C=O) groups excluding carboxylic acids is 1. The van der Waals surface area contributed by atoms with Gasteiger partial charge in [0.1, 0.15) is 0 Å². The number of hydrogen-bond donors (Lipinski definition) is 3. The summed E-state index contributed by atoms with van der Waals surface area (Å²) in [6.45, 7) is 0.756. The molecule has 0 unspecified atom stereocenters. The van der Waals surface area contributed by atoms with Crippen LogP contribution in [-0.2, 0) is 11.3 Å². The second-order valence-corrected chi connectivity index (χ2v) is 6.91. The molecule has 3 aromatic carbocycles. The number of non-ortho nitro benzene ring substituents is 1. The number of fused-ring (bicyclic) bond motifs is 1. The number of carbonyl (C=O) groups is 1. The Morgan fingerprint density at radius 2 is 1.77 bits per heavy atom. The summed E-state index contributed by atoms with van der Waals surface area (Å²) in [5.74, 6) is -0.302. The molecule has 0 radical (unpaired) electrons. The molecule has 0 aliphatic carbocycles. The van der Waals surface area contributed by atoms with E-state index in [1.807, 2.05) is 61.6 Å². The van der Waals surface area contributed by atoms with E-state index in [2.05, 4.69) is 16.0 Å². The van der Waals surface area contributed by atoms with E-state index in [1.54, 1.807) is 6.07 Å². The molecule has 3 N–H and O–H groups in total. The van der Waals surface area contributed by atoms with E-state index in [4.69, 9.17) is 0 Å². The number of hydrogen-bond acceptors (Lipinski definition) is 5. The van der Waals surface area contributed by atoms with Gasteiger partial charge >= 0.3 is 0 Å². The molecule has 30 heavy (non-hydrogen) atoms. The smallest absolute Gasteiger partial charge is 0.270 e. The third-order valence-corrected chi connectivity index (χ3v) is 4.88. The molecule has 0 atom stereocenters. The summed E-state index contributed by atoms with van der Waals surface area (Å²) in [6, 6.07) is 21.7. The molecule has 3 aromatic rings. The van der Waals surface area contributed by atoms with Gasteiger partial charge < -0.3 is 16.0 Å². The lowest BCUT2D eigenvalue weighted by molar-refractivity contribution is -0.384. The lowest BCUT2D eigenvalue weighted by Gasteiger charge is -2.15. The van der Waals surface area contributed by atoms with Crippen LogP contribution in [0.5, 0.6) is 0 Å². The summed E-state index contributed by atoms with van der Waals surface area (Å²) in [4.78, 5) is 23.7. The molecular formula is C23H20N4O3. The molecule has 1 amide bonds. The van der Waals surface area contributed by atoms with Gasteiger partial charge in [0.05, 0.1) is 16.2 Å². The minimum atomic E-state index is -0.462. The van der Waals surface area contributed by atoms with E-state index >= 15 is 0 Å². The van der Waals surface area contributed by atoms with Crippen LogP contribution in [0.1, 0.15) is 16.7 Å². The number of nitro groups is 1. The number of rotatable bonds is 6. The molecule has 0 saturated carbocycles. The normalized spacial score (nSPS) is 14.1. The summed E-state index contributed by atoms with van der Waals surface area (Å²) >= 11 is 0. The molecule has 1 heterocycles. The Morgan fingerprint density at radius 3 is 2.43 bits per heavy atom. The standard InChI is InChI=1S/C23H20N4O3/c1-24-14-15-7-9-17(10-8-15)25-22(16-5-3-2-4-6-16)21-19-13-18(27(29)30)11-12-20(19)26-23(21)28/h2-13,24-25H,14H2,1H3,(H,26,28)/b22-21-. The molecule has 1 aliphatic heterocycles. The summed E-state index contributed by atoms with van der Waals surface area (Å²) in [6.07, 6.45) is 0. The molecule has 0 spiro atoms. The lowest BCUT2D eigenvalue weighted by Crippen LogP contribution is -2.10. The van der Waals surface area contributed by atoms with Crippen LogP contribution in [0.4, 0.5) is 17.1 Å². The molecule has 0 fully saturated rings. The molecule has 7 heteroatoms. The fraction of sp³-hybridized carbons (Fsp3) is 0.0870. The van der Waals surface area contributed by atoms with Gasteiger partial charge in [-0.2, -0.15) is 0 Å². The predicted octanol–water partition coefficient (Wildman–Crippen LogP) is 4.25. The Hall–Kier alpha value is -3.97. The third kappa shape index (κ3) is 3.78. The van der Waals surface area contributed by atoms with Crippen molar-refractivity contribution in [3.05, 3.63) is 99.6 Å². The molecule has 0 saturated heterocycles. The van der Waals surface area contributed by atoms with Crippen LogP contribution in [0.2, 0.25) is 0 Å². The zero-order valence-corrected chi connectivity index (χ0v) is 16.3. The minimum absolute atomic E-state index is 0.0634. The fourth-order valence-corrected chi connectivity index (χ4v) is 3.46. The Balaban J connectivity index is 1.84. The number of nitro benzene ring substituents is 1. The topological polar surface area (TPSA) is 96.3 Å². The van der Waals surface area contributed by atoms with Crippen molar-refractivity contribution < 1.29 is 9.72 Å². The molecule has 1 aliphatic rings. The van der Waals surface area contributed by atoms with E-state index in [0.29, 0.717) is 22.5 Å². The Labute approximate surface area is 173 Å². The van der Waals surface area contributed by atoms with Gasteiger partial charge in [-0.3, -0.25) is 14.9 Å². The van der Waals surface area contributed by atoms with Crippen LogP contribution in [0.3, 0.4) is 0 Å². The Kier molecular flexibility index (Phi) is 5.28. The van der Waals surface area contributed by atoms with Gasteiger partial charge in [0, 0.05) is 35.6 Å². The summed E-state index contributed by atoms with van der Waals surface area (Å²) < 4.78 is 0. The molecule has 0 aromatic heterocycles. The van der Waals surface area contributed by atoms with Crippen molar-refractivity contribution in [3.8, 4) is 0 Å². The maximum Gasteiger partial charge on any atom is 0.270 e. The first kappa shape index (κ1) is 19.4. The van der Waals surface area contributed by atoms with E-state index in [9.17, 15) is 14.9 Å². The SMILES string of the molecule is CNCc1ccc(N/C(=C2\C(=O)Nc3ccc([N+](=O)[O-])cc32)c2ccccc2)cc1. The van der Waals surface area contributed by atoms with Crippen LogP contribution in [-0.4, -0.2) is 17.9 Å². The van der Waals surface area contributed by atoms with E-state index < -0.39 is 4.92 Å². The van der Waals surface area contributed by atoms with E-state index in [0.717, 1.165) is 23.4 Å². The van der Waals surface area contributed by atoms with E-state index in [-0.39, 0.29) is 11.6 Å². The number of nitrogens with zero attached hydrogens (tertiary/aromatic N) is 1. The quantitative estimate of drug-likeness (QED) is 0.327. The van der Waals surface area contributed by atoms with Gasteiger partial charge in [-0.25, -0.2) is 0 Å². The second kappa shape index (κ2) is 8.18. The van der Waals surface area contributed by atoms with Crippen molar-refractivity contribution in [1.29, 1.82) is 0 Å². The van der Waals surface area contributed by atoms with Gasteiger partial charge in [-0.15, -0.1) is 0 Å². The predicted molar refractivity (Wildman–Crippen MR) is 118 cm³/mol. The second-order valence-electron chi connectivity index (χ2n) is 6.91. The maximum atomic E-state index is 12.9. The van der Waals surface area contributed by atoms with Crippen LogP contribution in [0.25, 0.3) is 11.3 Å².